The average molecular weight is 567 g/mol. The van der Waals surface area contributed by atoms with Gasteiger partial charge in [-0.05, 0) is 86.4 Å². The summed E-state index contributed by atoms with van der Waals surface area (Å²) in [6.07, 6.45) is -0.747. The van der Waals surface area contributed by atoms with Gasteiger partial charge in [0.05, 0.1) is 22.6 Å². The number of likely N-dealkylation sites (tertiary alicyclic amines) is 1. The maximum absolute atomic E-state index is 13.4. The molecule has 2 aliphatic heterocycles. The Hall–Kier alpha value is -3.22. The molecule has 1 amide bonds. The Morgan fingerprint density at radius 3 is 2.61 bits per heavy atom. The van der Waals surface area contributed by atoms with Crippen LogP contribution in [0.4, 0.5) is 13.2 Å². The number of hydrogen-bond donors (Lipinski definition) is 2. The van der Waals surface area contributed by atoms with E-state index in [0.717, 1.165) is 36.3 Å². The van der Waals surface area contributed by atoms with E-state index in [1.165, 1.54) is 25.0 Å². The van der Waals surface area contributed by atoms with Crippen LogP contribution in [0.1, 0.15) is 54.9 Å². The number of phenolic OH excluding ortho intramolecular Hbond substituents is 1. The Kier molecular flexibility index (Phi) is 5.78. The topological polar surface area (TPSA) is 73.2 Å². The summed E-state index contributed by atoms with van der Waals surface area (Å²) in [6.45, 7) is 3.81. The first kappa shape index (κ1) is 26.7. The minimum absolute atomic E-state index is 0.0382. The normalized spacial score (nSPS) is 33.3. The molecule has 2 N–H and O–H groups in total. The van der Waals surface area contributed by atoms with Crippen LogP contribution in [0.2, 0.25) is 0 Å². The van der Waals surface area contributed by atoms with Gasteiger partial charge in [0.25, 0.3) is 5.91 Å². The summed E-state index contributed by atoms with van der Waals surface area (Å²) >= 11 is 0. The van der Waals surface area contributed by atoms with Crippen LogP contribution in [0, 0.1) is 23.7 Å². The van der Waals surface area contributed by atoms with E-state index in [0.29, 0.717) is 36.5 Å². The van der Waals surface area contributed by atoms with E-state index in [2.05, 4.69) is 16.7 Å². The molecule has 2 aromatic rings. The van der Waals surface area contributed by atoms with E-state index in [1.54, 1.807) is 18.0 Å². The van der Waals surface area contributed by atoms with Gasteiger partial charge in [-0.3, -0.25) is 9.69 Å². The summed E-state index contributed by atoms with van der Waals surface area (Å²) in [6, 6.07) is 7.51. The molecule has 0 aromatic heterocycles. The molecule has 216 valence electrons. The Morgan fingerprint density at radius 1 is 1.20 bits per heavy atom. The zero-order chi connectivity index (χ0) is 28.9. The second kappa shape index (κ2) is 8.89. The van der Waals surface area contributed by atoms with E-state index >= 15 is 0 Å². The van der Waals surface area contributed by atoms with Gasteiger partial charge in [0.15, 0.2) is 11.5 Å². The number of piperidine rings is 1. The number of nitrogens with zero attached hydrogens (tertiary/aromatic N) is 2. The number of benzene rings is 2. The number of likely N-dealkylation sites (N-methyl/N-ethyl adjacent to an activating group) is 1. The van der Waals surface area contributed by atoms with Gasteiger partial charge in [-0.15, -0.1) is 0 Å². The Bertz CT molecular complexity index is 1480. The number of aliphatic hydroxyl groups is 1. The van der Waals surface area contributed by atoms with Gasteiger partial charge in [-0.1, -0.05) is 18.9 Å². The molecule has 41 heavy (non-hydrogen) atoms. The highest BCUT2D eigenvalue weighted by atomic mass is 19.4. The number of phenols is 1. The van der Waals surface area contributed by atoms with Crippen molar-refractivity contribution in [2.45, 2.75) is 74.4 Å². The van der Waals surface area contributed by atoms with Gasteiger partial charge in [-0.25, -0.2) is 0 Å². The second-order valence-electron chi connectivity index (χ2n) is 12.7. The van der Waals surface area contributed by atoms with Crippen LogP contribution in [-0.2, 0) is 22.8 Å². The van der Waals surface area contributed by atoms with E-state index in [4.69, 9.17) is 4.74 Å². The minimum Gasteiger partial charge on any atom is -0.504 e. The number of hydrogen-bond acceptors (Lipinski definition) is 5. The molecule has 6 nitrogen and oxygen atoms in total. The summed E-state index contributed by atoms with van der Waals surface area (Å²) in [7, 11) is 1.67. The number of rotatable bonds is 3. The molecule has 6 atom stereocenters. The average Bonchev–Trinajstić information content (AvgIpc) is 3.67. The fourth-order valence-electron chi connectivity index (χ4n) is 8.41. The van der Waals surface area contributed by atoms with E-state index in [1.807, 2.05) is 13.0 Å². The number of carbonyl (C=O) groups is 1. The smallest absolute Gasteiger partial charge is 0.416 e. The molecule has 2 saturated carbocycles. The number of amides is 1. The molecule has 1 spiro atoms. The summed E-state index contributed by atoms with van der Waals surface area (Å²) in [4.78, 5) is 17.4. The van der Waals surface area contributed by atoms with Crippen LogP contribution < -0.4 is 4.74 Å². The van der Waals surface area contributed by atoms with Gasteiger partial charge in [0.1, 0.15) is 6.10 Å². The van der Waals surface area contributed by atoms with Crippen LogP contribution in [0.25, 0.3) is 0 Å². The van der Waals surface area contributed by atoms with Crippen molar-refractivity contribution >= 4 is 5.91 Å². The van der Waals surface area contributed by atoms with Crippen molar-refractivity contribution in [2.75, 3.05) is 20.1 Å². The van der Waals surface area contributed by atoms with Crippen molar-refractivity contribution in [1.82, 2.24) is 9.80 Å². The minimum atomic E-state index is -4.44. The molecule has 7 rings (SSSR count). The highest BCUT2D eigenvalue weighted by molar-refractivity contribution is 5.94. The van der Waals surface area contributed by atoms with Crippen molar-refractivity contribution < 1.29 is 32.9 Å². The zero-order valence-electron chi connectivity index (χ0n) is 23.0. The molecule has 2 bridgehead atoms. The fraction of sp³-hybridized carbons (Fsp3) is 0.531. The van der Waals surface area contributed by atoms with Crippen molar-refractivity contribution in [3.8, 4) is 23.3 Å². The first-order valence-corrected chi connectivity index (χ1v) is 14.4. The third-order valence-electron chi connectivity index (χ3n) is 10.4. The molecule has 2 heterocycles. The number of aromatic hydroxyl groups is 1. The summed E-state index contributed by atoms with van der Waals surface area (Å²) in [5, 5.41) is 23.6. The molecule has 9 heteroatoms. The Morgan fingerprint density at radius 2 is 1.93 bits per heavy atom. The monoisotopic (exact) mass is 566 g/mol. The van der Waals surface area contributed by atoms with Crippen molar-refractivity contribution in [1.29, 1.82) is 0 Å². The van der Waals surface area contributed by atoms with Crippen molar-refractivity contribution in [3.05, 3.63) is 58.7 Å². The molecule has 1 saturated heterocycles. The largest absolute Gasteiger partial charge is 0.504 e. The van der Waals surface area contributed by atoms with Crippen LogP contribution in [0.15, 0.2) is 36.4 Å². The molecule has 2 aromatic carbocycles. The van der Waals surface area contributed by atoms with E-state index in [-0.39, 0.29) is 17.7 Å². The molecular formula is C32H33F3N2O4. The predicted molar refractivity (Wildman–Crippen MR) is 144 cm³/mol. The van der Waals surface area contributed by atoms with Gasteiger partial charge in [0, 0.05) is 36.7 Å². The summed E-state index contributed by atoms with van der Waals surface area (Å²) in [5.74, 6) is 5.82. The lowest BCUT2D eigenvalue weighted by atomic mass is 9.46. The number of halogens is 3. The fourth-order valence-corrected chi connectivity index (χ4v) is 8.41. The number of carbonyl (C=O) groups excluding carboxylic acids is 1. The molecule has 5 aliphatic rings. The molecular weight excluding hydrogens is 533 g/mol. The quantitative estimate of drug-likeness (QED) is 0.548. The molecule has 0 unspecified atom stereocenters. The number of ether oxygens (including phenoxy) is 1. The lowest BCUT2D eigenvalue weighted by Gasteiger charge is -2.66. The third kappa shape index (κ3) is 3.83. The lowest BCUT2D eigenvalue weighted by Crippen LogP contribution is -2.79. The van der Waals surface area contributed by atoms with Crippen LogP contribution >= 0.6 is 0 Å². The van der Waals surface area contributed by atoms with E-state index in [9.17, 15) is 28.2 Å². The van der Waals surface area contributed by atoms with Crippen molar-refractivity contribution in [3.63, 3.8) is 0 Å². The lowest BCUT2D eigenvalue weighted by molar-refractivity contribution is -0.212. The SMILES string of the molecule is C[C@H]1C[C@@]2(O)[C@H]3Cc4ccc(O)c5c4[C@@]2(CCN3CC2CC2)[C@@H](O5)[C@@H]1N(C)C(=O)C#Cc1ccc(C(F)(F)F)cc1. The zero-order valence-corrected chi connectivity index (χ0v) is 23.0. The summed E-state index contributed by atoms with van der Waals surface area (Å²) < 4.78 is 45.3. The predicted octanol–water partition coefficient (Wildman–Crippen LogP) is 4.10. The Labute approximate surface area is 237 Å². The van der Waals surface area contributed by atoms with Crippen LogP contribution in [0.5, 0.6) is 11.5 Å². The van der Waals surface area contributed by atoms with Gasteiger partial charge >= 0.3 is 6.18 Å². The third-order valence-corrected chi connectivity index (χ3v) is 10.4. The van der Waals surface area contributed by atoms with E-state index < -0.39 is 40.8 Å². The van der Waals surface area contributed by atoms with Gasteiger partial charge in [0.2, 0.25) is 0 Å². The van der Waals surface area contributed by atoms with Gasteiger partial charge < -0.3 is 19.8 Å². The maximum Gasteiger partial charge on any atom is 0.416 e. The Balaban J connectivity index is 1.23. The highest BCUT2D eigenvalue weighted by Gasteiger charge is 2.74. The maximum atomic E-state index is 13.4. The van der Waals surface area contributed by atoms with Crippen LogP contribution in [-0.4, -0.2) is 69.8 Å². The molecule has 3 aliphatic carbocycles. The molecule has 0 radical (unpaired) electrons. The van der Waals surface area contributed by atoms with Crippen LogP contribution in [0.3, 0.4) is 0 Å². The second-order valence-corrected chi connectivity index (χ2v) is 12.7. The van der Waals surface area contributed by atoms with Crippen molar-refractivity contribution in [2.24, 2.45) is 11.8 Å². The first-order valence-electron chi connectivity index (χ1n) is 14.4. The molecule has 3 fully saturated rings. The van der Waals surface area contributed by atoms with Gasteiger partial charge in [-0.2, -0.15) is 13.2 Å². The number of alkyl halides is 3. The highest BCUT2D eigenvalue weighted by Crippen LogP contribution is 2.66. The standard InChI is InChI=1S/C32H33F3N2O4/c1-18-16-31(40)24-15-21-8-11-23(38)28-26(21)30(31,13-14-37(24)17-20-3-4-20)29(41-28)27(18)36(2)25(39)12-7-19-5-9-22(10-6-19)32(33,34)35/h5-6,8-11,18,20,24,27,29,38,40H,3-4,13-17H2,1-2H3/t18-,24+,27+,29-,30-,31+/m0/s1. The summed E-state index contributed by atoms with van der Waals surface area (Å²) in [5.41, 5.74) is -0.347. The first-order chi connectivity index (χ1) is 19.4.